The van der Waals surface area contributed by atoms with Crippen LogP contribution in [0, 0.1) is 5.82 Å². The Kier molecular flexibility index (Phi) is 3.45. The Morgan fingerprint density at radius 3 is 2.79 bits per heavy atom. The summed E-state index contributed by atoms with van der Waals surface area (Å²) in [5, 5.41) is 5.45. The van der Waals surface area contributed by atoms with Crippen LogP contribution in [0.5, 0.6) is 0 Å². The largest absolute Gasteiger partial charge is 0.383 e. The van der Waals surface area contributed by atoms with Gasteiger partial charge in [0.2, 0.25) is 5.91 Å². The number of amides is 1. The monoisotopic (exact) mass is 196 g/mol. The Morgan fingerprint density at radius 1 is 1.50 bits per heavy atom. The van der Waals surface area contributed by atoms with Gasteiger partial charge in [-0.2, -0.15) is 0 Å². The number of nitrogens with one attached hydrogen (secondary N) is 2. The number of anilines is 2. The molecule has 2 N–H and O–H groups in total. The highest BCUT2D eigenvalue weighted by atomic mass is 19.1. The summed E-state index contributed by atoms with van der Waals surface area (Å²) in [5.74, 6) is -0.486. The fourth-order valence-electron chi connectivity index (χ4n) is 1.13. The van der Waals surface area contributed by atoms with Gasteiger partial charge in [-0.1, -0.05) is 0 Å². The second-order valence-electron chi connectivity index (χ2n) is 2.91. The molecule has 1 aromatic rings. The first kappa shape index (κ1) is 10.5. The third-order valence-corrected chi connectivity index (χ3v) is 1.65. The first-order chi connectivity index (χ1) is 6.63. The van der Waals surface area contributed by atoms with Crippen LogP contribution in [0.2, 0.25) is 0 Å². The van der Waals surface area contributed by atoms with Crippen molar-refractivity contribution in [3.8, 4) is 0 Å². The van der Waals surface area contributed by atoms with E-state index in [1.807, 2.05) is 6.92 Å². The molecule has 1 rings (SSSR count). The van der Waals surface area contributed by atoms with Crippen LogP contribution in [-0.4, -0.2) is 12.5 Å². The lowest BCUT2D eigenvalue weighted by Gasteiger charge is -2.07. The molecule has 0 saturated carbocycles. The highest BCUT2D eigenvalue weighted by Gasteiger charge is 2.02. The molecule has 76 valence electrons. The average Bonchev–Trinajstić information content (AvgIpc) is 2.10. The topological polar surface area (TPSA) is 41.1 Å². The first-order valence-electron chi connectivity index (χ1n) is 4.44. The minimum Gasteiger partial charge on any atom is -0.383 e. The van der Waals surface area contributed by atoms with E-state index < -0.39 is 0 Å². The zero-order chi connectivity index (χ0) is 10.6. The van der Waals surface area contributed by atoms with Gasteiger partial charge in [0.05, 0.1) is 5.69 Å². The van der Waals surface area contributed by atoms with E-state index in [0.29, 0.717) is 17.9 Å². The Bertz CT molecular complexity index is 339. The summed E-state index contributed by atoms with van der Waals surface area (Å²) in [6.07, 6.45) is 0. The molecule has 0 atom stereocenters. The molecule has 0 bridgehead atoms. The second kappa shape index (κ2) is 4.60. The molecule has 0 unspecified atom stereocenters. The second-order valence-corrected chi connectivity index (χ2v) is 2.91. The van der Waals surface area contributed by atoms with Gasteiger partial charge in [-0.15, -0.1) is 0 Å². The van der Waals surface area contributed by atoms with Crippen LogP contribution < -0.4 is 10.6 Å². The molecule has 1 aromatic carbocycles. The smallest absolute Gasteiger partial charge is 0.221 e. The highest BCUT2D eigenvalue weighted by Crippen LogP contribution is 2.19. The lowest BCUT2D eigenvalue weighted by molar-refractivity contribution is -0.114. The van der Waals surface area contributed by atoms with E-state index in [1.165, 1.54) is 19.1 Å². The summed E-state index contributed by atoms with van der Waals surface area (Å²) in [6.45, 7) is 3.93. The molecule has 1 amide bonds. The average molecular weight is 196 g/mol. The number of hydrogen-bond donors (Lipinski definition) is 2. The minimum absolute atomic E-state index is 0.168. The van der Waals surface area contributed by atoms with Crippen molar-refractivity contribution in [3.05, 3.63) is 24.0 Å². The molecular formula is C10H13FN2O. The fourth-order valence-corrected chi connectivity index (χ4v) is 1.13. The summed E-state index contributed by atoms with van der Waals surface area (Å²) in [7, 11) is 0. The van der Waals surface area contributed by atoms with Crippen LogP contribution in [0.1, 0.15) is 13.8 Å². The molecule has 0 saturated heterocycles. The van der Waals surface area contributed by atoms with Gasteiger partial charge in [-0.25, -0.2) is 4.39 Å². The standard InChI is InChI=1S/C10H13FN2O/c1-3-12-10-6-8(13-7(2)14)4-5-9(10)11/h4-6,12H,3H2,1-2H3,(H,13,14). The van der Waals surface area contributed by atoms with Crippen molar-refractivity contribution in [2.45, 2.75) is 13.8 Å². The third-order valence-electron chi connectivity index (χ3n) is 1.65. The van der Waals surface area contributed by atoms with Gasteiger partial charge < -0.3 is 10.6 Å². The predicted octanol–water partition coefficient (Wildman–Crippen LogP) is 2.22. The number of carbonyl (C=O) groups excluding carboxylic acids is 1. The molecule has 0 aliphatic heterocycles. The van der Waals surface area contributed by atoms with Crippen molar-refractivity contribution in [2.75, 3.05) is 17.2 Å². The van der Waals surface area contributed by atoms with E-state index in [4.69, 9.17) is 0 Å². The van der Waals surface area contributed by atoms with Crippen molar-refractivity contribution >= 4 is 17.3 Å². The van der Waals surface area contributed by atoms with Crippen molar-refractivity contribution in [1.29, 1.82) is 0 Å². The lowest BCUT2D eigenvalue weighted by Crippen LogP contribution is -2.07. The van der Waals surface area contributed by atoms with Gasteiger partial charge in [0.1, 0.15) is 5.82 Å². The van der Waals surface area contributed by atoms with Crippen LogP contribution in [0.4, 0.5) is 15.8 Å². The molecule has 0 aliphatic rings. The van der Waals surface area contributed by atoms with Gasteiger partial charge in [0, 0.05) is 19.2 Å². The fraction of sp³-hybridized carbons (Fsp3) is 0.300. The van der Waals surface area contributed by atoms with E-state index >= 15 is 0 Å². The number of benzene rings is 1. The molecule has 0 spiro atoms. The molecule has 3 nitrogen and oxygen atoms in total. The maximum atomic E-state index is 13.1. The quantitative estimate of drug-likeness (QED) is 0.778. The maximum Gasteiger partial charge on any atom is 0.221 e. The van der Waals surface area contributed by atoms with E-state index in [2.05, 4.69) is 10.6 Å². The van der Waals surface area contributed by atoms with Gasteiger partial charge in [-0.3, -0.25) is 4.79 Å². The highest BCUT2D eigenvalue weighted by molar-refractivity contribution is 5.89. The van der Waals surface area contributed by atoms with Crippen LogP contribution in [0.3, 0.4) is 0 Å². The van der Waals surface area contributed by atoms with E-state index in [9.17, 15) is 9.18 Å². The maximum absolute atomic E-state index is 13.1. The summed E-state index contributed by atoms with van der Waals surface area (Å²) in [5.41, 5.74) is 0.994. The summed E-state index contributed by atoms with van der Waals surface area (Å²) in [4.78, 5) is 10.7. The SMILES string of the molecule is CCNc1cc(NC(C)=O)ccc1F. The summed E-state index contributed by atoms with van der Waals surface area (Å²) >= 11 is 0. The van der Waals surface area contributed by atoms with Crippen molar-refractivity contribution in [3.63, 3.8) is 0 Å². The molecule has 0 radical (unpaired) electrons. The van der Waals surface area contributed by atoms with Crippen molar-refractivity contribution in [1.82, 2.24) is 0 Å². The van der Waals surface area contributed by atoms with Crippen molar-refractivity contribution in [2.24, 2.45) is 0 Å². The van der Waals surface area contributed by atoms with Gasteiger partial charge in [0.15, 0.2) is 0 Å². The van der Waals surface area contributed by atoms with E-state index in [1.54, 1.807) is 6.07 Å². The molecule has 0 aliphatic carbocycles. The zero-order valence-electron chi connectivity index (χ0n) is 8.23. The van der Waals surface area contributed by atoms with E-state index in [-0.39, 0.29) is 11.7 Å². The lowest BCUT2D eigenvalue weighted by atomic mass is 10.2. The van der Waals surface area contributed by atoms with Gasteiger partial charge in [0.25, 0.3) is 0 Å². The van der Waals surface area contributed by atoms with Crippen LogP contribution >= 0.6 is 0 Å². The van der Waals surface area contributed by atoms with Crippen molar-refractivity contribution < 1.29 is 9.18 Å². The normalized spacial score (nSPS) is 9.64. The molecule has 14 heavy (non-hydrogen) atoms. The number of hydrogen-bond acceptors (Lipinski definition) is 2. The Morgan fingerprint density at radius 2 is 2.21 bits per heavy atom. The Hall–Kier alpha value is -1.58. The van der Waals surface area contributed by atoms with Gasteiger partial charge >= 0.3 is 0 Å². The molecule has 4 heteroatoms. The molecule has 0 fully saturated rings. The molecule has 0 heterocycles. The van der Waals surface area contributed by atoms with Crippen LogP contribution in [-0.2, 0) is 4.79 Å². The first-order valence-corrected chi connectivity index (χ1v) is 4.44. The predicted molar refractivity (Wildman–Crippen MR) is 54.9 cm³/mol. The van der Waals surface area contributed by atoms with E-state index in [0.717, 1.165) is 0 Å². The Labute approximate surface area is 82.3 Å². The summed E-state index contributed by atoms with van der Waals surface area (Å²) in [6, 6.07) is 4.42. The zero-order valence-corrected chi connectivity index (χ0v) is 8.23. The summed E-state index contributed by atoms with van der Waals surface area (Å²) < 4.78 is 13.1. The number of halogens is 1. The number of rotatable bonds is 3. The van der Waals surface area contributed by atoms with Gasteiger partial charge in [-0.05, 0) is 25.1 Å². The van der Waals surface area contributed by atoms with Crippen LogP contribution in [0.25, 0.3) is 0 Å². The van der Waals surface area contributed by atoms with Crippen LogP contribution in [0.15, 0.2) is 18.2 Å². The number of carbonyl (C=O) groups is 1. The minimum atomic E-state index is -0.319. The molecule has 0 aromatic heterocycles. The Balaban J connectivity index is 2.88. The third kappa shape index (κ3) is 2.73. The molecular weight excluding hydrogens is 183 g/mol.